The van der Waals surface area contributed by atoms with Gasteiger partial charge in [0.2, 0.25) is 10.0 Å². The second-order valence-electron chi connectivity index (χ2n) is 5.49. The van der Waals surface area contributed by atoms with Crippen molar-refractivity contribution in [2.75, 3.05) is 0 Å². The molecule has 3 aromatic rings. The van der Waals surface area contributed by atoms with E-state index in [4.69, 9.17) is 11.6 Å². The summed E-state index contributed by atoms with van der Waals surface area (Å²) in [7, 11) is -4.15. The summed E-state index contributed by atoms with van der Waals surface area (Å²) in [6.07, 6.45) is -3.20. The van der Waals surface area contributed by atoms with E-state index in [2.05, 4.69) is 9.71 Å². The molecule has 1 aromatic carbocycles. The Morgan fingerprint density at radius 3 is 2.59 bits per heavy atom. The van der Waals surface area contributed by atoms with Crippen LogP contribution < -0.4 is 4.72 Å². The highest BCUT2D eigenvalue weighted by Gasteiger charge is 2.34. The minimum Gasteiger partial charge on any atom is -0.255 e. The van der Waals surface area contributed by atoms with Gasteiger partial charge in [-0.05, 0) is 47.3 Å². The number of thiophene rings is 1. The number of sulfonamides is 1. The van der Waals surface area contributed by atoms with Crippen molar-refractivity contribution in [3.05, 3.63) is 70.2 Å². The Labute approximate surface area is 162 Å². The third-order valence-electron chi connectivity index (χ3n) is 3.62. The van der Waals surface area contributed by atoms with Crippen molar-refractivity contribution < 1.29 is 21.6 Å². The van der Waals surface area contributed by atoms with Crippen LogP contribution in [0.25, 0.3) is 10.6 Å². The van der Waals surface area contributed by atoms with E-state index in [-0.39, 0.29) is 6.54 Å². The second-order valence-corrected chi connectivity index (χ2v) is 8.61. The molecular weight excluding hydrogens is 421 g/mol. The van der Waals surface area contributed by atoms with Gasteiger partial charge in [-0.3, -0.25) is 4.98 Å². The number of halogens is 4. The normalized spacial score (nSPS) is 12.3. The van der Waals surface area contributed by atoms with Crippen LogP contribution in [0.2, 0.25) is 5.02 Å². The molecule has 0 aliphatic rings. The third-order valence-corrected chi connectivity index (χ3v) is 6.24. The first kappa shape index (κ1) is 19.8. The Balaban J connectivity index is 1.81. The SMILES string of the molecule is O=S(=O)(NCc1ccnc(-c2cccs2)c1)c1ccc(Cl)c(C(F)(F)F)c1. The lowest BCUT2D eigenvalue weighted by atomic mass is 10.2. The summed E-state index contributed by atoms with van der Waals surface area (Å²) in [4.78, 5) is 4.64. The van der Waals surface area contributed by atoms with Gasteiger partial charge in [0.05, 0.1) is 26.1 Å². The van der Waals surface area contributed by atoms with E-state index in [0.29, 0.717) is 17.3 Å². The molecule has 0 saturated heterocycles. The standard InChI is InChI=1S/C17H12ClF3N2O2S2/c18-14-4-3-12(9-13(14)17(19,20)21)27(24,25)23-10-11-5-6-22-15(8-11)16-2-1-7-26-16/h1-9,23H,10H2. The Bertz CT molecular complexity index is 1050. The minimum atomic E-state index is -4.75. The molecule has 0 radical (unpaired) electrons. The zero-order chi connectivity index (χ0) is 19.7. The number of nitrogens with one attached hydrogen (secondary N) is 1. The topological polar surface area (TPSA) is 59.1 Å². The summed E-state index contributed by atoms with van der Waals surface area (Å²) in [6, 6.07) is 9.57. The predicted molar refractivity (Wildman–Crippen MR) is 98.0 cm³/mol. The molecule has 0 aliphatic carbocycles. The van der Waals surface area contributed by atoms with E-state index in [1.54, 1.807) is 18.3 Å². The molecule has 142 valence electrons. The monoisotopic (exact) mass is 432 g/mol. The van der Waals surface area contributed by atoms with Gasteiger partial charge in [-0.15, -0.1) is 11.3 Å². The lowest BCUT2D eigenvalue weighted by Gasteiger charge is -2.12. The molecular formula is C17H12ClF3N2O2S2. The Morgan fingerprint density at radius 2 is 1.93 bits per heavy atom. The zero-order valence-electron chi connectivity index (χ0n) is 13.5. The number of aromatic nitrogens is 1. The number of alkyl halides is 3. The molecule has 0 bridgehead atoms. The van der Waals surface area contributed by atoms with Crippen molar-refractivity contribution in [1.29, 1.82) is 0 Å². The maximum atomic E-state index is 12.9. The van der Waals surface area contributed by atoms with Gasteiger partial charge >= 0.3 is 6.18 Å². The van der Waals surface area contributed by atoms with Crippen molar-refractivity contribution in [3.63, 3.8) is 0 Å². The fourth-order valence-electron chi connectivity index (χ4n) is 2.29. The number of rotatable bonds is 5. The van der Waals surface area contributed by atoms with Gasteiger partial charge < -0.3 is 0 Å². The van der Waals surface area contributed by atoms with E-state index in [1.807, 2.05) is 17.5 Å². The Morgan fingerprint density at radius 1 is 1.15 bits per heavy atom. The van der Waals surface area contributed by atoms with E-state index < -0.39 is 31.7 Å². The average Bonchev–Trinajstić information content (AvgIpc) is 3.14. The molecule has 27 heavy (non-hydrogen) atoms. The predicted octanol–water partition coefficient (Wildman–Crippen LogP) is 4.96. The zero-order valence-corrected chi connectivity index (χ0v) is 15.9. The van der Waals surface area contributed by atoms with Gasteiger partial charge in [-0.1, -0.05) is 17.7 Å². The number of nitrogens with zero attached hydrogens (tertiary/aromatic N) is 1. The van der Waals surface area contributed by atoms with Gasteiger partial charge in [-0.25, -0.2) is 13.1 Å². The lowest BCUT2D eigenvalue weighted by molar-refractivity contribution is -0.137. The van der Waals surface area contributed by atoms with Crippen molar-refractivity contribution in [2.24, 2.45) is 0 Å². The van der Waals surface area contributed by atoms with Crippen LogP contribution in [0.3, 0.4) is 0 Å². The number of hydrogen-bond donors (Lipinski definition) is 1. The van der Waals surface area contributed by atoms with E-state index >= 15 is 0 Å². The highest BCUT2D eigenvalue weighted by Crippen LogP contribution is 2.35. The summed E-state index contributed by atoms with van der Waals surface area (Å²) in [6.45, 7) is -0.0901. The van der Waals surface area contributed by atoms with Crippen LogP contribution in [0.1, 0.15) is 11.1 Å². The van der Waals surface area contributed by atoms with Gasteiger partial charge in [0.25, 0.3) is 0 Å². The quantitative estimate of drug-likeness (QED) is 0.619. The molecule has 0 unspecified atom stereocenters. The number of pyridine rings is 1. The van der Waals surface area contributed by atoms with Crippen molar-refractivity contribution in [2.45, 2.75) is 17.6 Å². The van der Waals surface area contributed by atoms with E-state index in [1.165, 1.54) is 11.3 Å². The lowest BCUT2D eigenvalue weighted by Crippen LogP contribution is -2.23. The summed E-state index contributed by atoms with van der Waals surface area (Å²) in [5.41, 5.74) is 0.116. The first-order valence-corrected chi connectivity index (χ1v) is 10.3. The molecule has 0 spiro atoms. The average molecular weight is 433 g/mol. The van der Waals surface area contributed by atoms with Gasteiger partial charge in [0.15, 0.2) is 0 Å². The molecule has 2 aromatic heterocycles. The van der Waals surface area contributed by atoms with Gasteiger partial charge in [-0.2, -0.15) is 13.2 Å². The number of benzene rings is 1. The summed E-state index contributed by atoms with van der Waals surface area (Å²) in [5, 5.41) is 1.33. The molecule has 2 heterocycles. The maximum absolute atomic E-state index is 12.9. The fraction of sp³-hybridized carbons (Fsp3) is 0.118. The van der Waals surface area contributed by atoms with Crippen LogP contribution >= 0.6 is 22.9 Å². The molecule has 0 fully saturated rings. The van der Waals surface area contributed by atoms with Crippen molar-refractivity contribution >= 4 is 33.0 Å². The Kier molecular flexibility index (Phi) is 5.57. The Hall–Kier alpha value is -1.94. The molecule has 10 heteroatoms. The minimum absolute atomic E-state index is 0.0901. The molecule has 0 saturated carbocycles. The first-order valence-electron chi connectivity index (χ1n) is 7.52. The van der Waals surface area contributed by atoms with Crippen LogP contribution in [0, 0.1) is 0 Å². The molecule has 3 rings (SSSR count). The van der Waals surface area contributed by atoms with Crippen molar-refractivity contribution in [3.8, 4) is 10.6 Å². The second kappa shape index (κ2) is 7.59. The first-order chi connectivity index (χ1) is 12.7. The smallest absolute Gasteiger partial charge is 0.255 e. The molecule has 1 N–H and O–H groups in total. The third kappa shape index (κ3) is 4.67. The van der Waals surface area contributed by atoms with Gasteiger partial charge in [0, 0.05) is 12.7 Å². The summed E-state index contributed by atoms with van der Waals surface area (Å²) < 4.78 is 65.9. The summed E-state index contributed by atoms with van der Waals surface area (Å²) in [5.74, 6) is 0. The van der Waals surface area contributed by atoms with Crippen LogP contribution in [0.15, 0.2) is 58.9 Å². The largest absolute Gasteiger partial charge is 0.417 e. The van der Waals surface area contributed by atoms with Crippen LogP contribution in [-0.4, -0.2) is 13.4 Å². The van der Waals surface area contributed by atoms with Crippen molar-refractivity contribution in [1.82, 2.24) is 9.71 Å². The molecule has 0 atom stereocenters. The molecule has 0 amide bonds. The van der Waals surface area contributed by atoms with Crippen LogP contribution in [0.4, 0.5) is 13.2 Å². The summed E-state index contributed by atoms with van der Waals surface area (Å²) >= 11 is 7.02. The van der Waals surface area contributed by atoms with Gasteiger partial charge in [0.1, 0.15) is 0 Å². The maximum Gasteiger partial charge on any atom is 0.417 e. The van der Waals surface area contributed by atoms with E-state index in [0.717, 1.165) is 17.0 Å². The van der Waals surface area contributed by atoms with Crippen LogP contribution in [-0.2, 0) is 22.7 Å². The molecule has 4 nitrogen and oxygen atoms in total. The highest BCUT2D eigenvalue weighted by atomic mass is 35.5. The number of hydrogen-bond acceptors (Lipinski definition) is 4. The van der Waals surface area contributed by atoms with Crippen LogP contribution in [0.5, 0.6) is 0 Å². The fourth-order valence-corrected chi connectivity index (χ4v) is 4.26. The van der Waals surface area contributed by atoms with E-state index in [9.17, 15) is 21.6 Å². The molecule has 0 aliphatic heterocycles. The highest BCUT2D eigenvalue weighted by molar-refractivity contribution is 7.89.